The van der Waals surface area contributed by atoms with Gasteiger partial charge in [-0.3, -0.25) is 15.0 Å². The van der Waals surface area contributed by atoms with Gasteiger partial charge >= 0.3 is 0 Å². The van der Waals surface area contributed by atoms with Gasteiger partial charge in [0.15, 0.2) is 0 Å². The molecule has 0 bridgehead atoms. The smallest absolute Gasteiger partial charge is 0.143 e. The Morgan fingerprint density at radius 2 is 1.04 bits per heavy atom. The molecule has 4 heterocycles. The van der Waals surface area contributed by atoms with Gasteiger partial charge in [-0.1, -0.05) is 91.0 Å². The van der Waals surface area contributed by atoms with E-state index in [9.17, 15) is 0 Å². The molecule has 0 spiro atoms. The second-order valence-corrected chi connectivity index (χ2v) is 12.5. The average Bonchev–Trinajstić information content (AvgIpc) is 3.56. The van der Waals surface area contributed by atoms with E-state index in [1.807, 2.05) is 42.9 Å². The average molecular weight is 626 g/mol. The van der Waals surface area contributed by atoms with Crippen molar-refractivity contribution in [2.24, 2.45) is 0 Å². The minimum Gasteiger partial charge on any atom is -0.455 e. The normalized spacial score (nSPS) is 11.7. The maximum Gasteiger partial charge on any atom is 0.143 e. The second kappa shape index (κ2) is 11.0. The molecular formula is C45H27N3O. The molecule has 0 aliphatic heterocycles. The number of rotatable bonds is 4. The standard InChI is InChI=1S/C45H27N3O/c1-3-15-41-31(8-1)21-37(26-47-41)34-23-33(24-35(25-34)38-13-6-14-40-39-12-2-4-16-42(39)49-45(38)40)29-9-5-10-30(20-29)36-22-32-18-17-28-11-7-19-46-43(28)44(32)48-27-36/h1-27H. The predicted molar refractivity (Wildman–Crippen MR) is 201 cm³/mol. The van der Waals surface area contributed by atoms with Crippen molar-refractivity contribution in [2.75, 3.05) is 0 Å². The van der Waals surface area contributed by atoms with Crippen LogP contribution in [0.1, 0.15) is 0 Å². The minimum atomic E-state index is 0.889. The fourth-order valence-electron chi connectivity index (χ4n) is 7.09. The van der Waals surface area contributed by atoms with E-state index in [1.54, 1.807) is 0 Å². The van der Waals surface area contributed by atoms with E-state index < -0.39 is 0 Å². The Morgan fingerprint density at radius 1 is 0.388 bits per heavy atom. The first-order valence-electron chi connectivity index (χ1n) is 16.4. The van der Waals surface area contributed by atoms with Crippen LogP contribution in [0.2, 0.25) is 0 Å². The molecule has 0 aliphatic carbocycles. The monoisotopic (exact) mass is 625 g/mol. The van der Waals surface area contributed by atoms with Crippen molar-refractivity contribution >= 4 is 54.6 Å². The van der Waals surface area contributed by atoms with Crippen LogP contribution in [0.25, 0.3) is 99.2 Å². The Hall–Kier alpha value is -6.65. The van der Waals surface area contributed by atoms with E-state index >= 15 is 0 Å². The Labute approximate surface area is 282 Å². The molecule has 4 aromatic heterocycles. The molecule has 10 aromatic rings. The Kier molecular flexibility index (Phi) is 6.15. The zero-order chi connectivity index (χ0) is 32.3. The molecule has 0 saturated heterocycles. The SMILES string of the molecule is c1cc(-c2cc(-c3cnc4ccccc4c3)cc(-c3cccc4c3oc3ccccc34)c2)cc(-c2cnc3c(ccc4cccnc43)c2)c1. The number of furan rings is 1. The highest BCUT2D eigenvalue weighted by atomic mass is 16.3. The first-order chi connectivity index (χ1) is 24.2. The lowest BCUT2D eigenvalue weighted by Crippen LogP contribution is -1.89. The van der Waals surface area contributed by atoms with Gasteiger partial charge in [-0.25, -0.2) is 0 Å². The Balaban J connectivity index is 1.15. The molecule has 0 N–H and O–H groups in total. The van der Waals surface area contributed by atoms with Gasteiger partial charge in [0.2, 0.25) is 0 Å². The third kappa shape index (κ3) is 4.65. The third-order valence-electron chi connectivity index (χ3n) is 9.52. The van der Waals surface area contributed by atoms with E-state index in [2.05, 4.69) is 126 Å². The summed E-state index contributed by atoms with van der Waals surface area (Å²) in [4.78, 5) is 14.3. The van der Waals surface area contributed by atoms with E-state index in [0.717, 1.165) is 99.2 Å². The number of benzene rings is 6. The van der Waals surface area contributed by atoms with Crippen LogP contribution in [0.15, 0.2) is 169 Å². The quantitative estimate of drug-likeness (QED) is 0.183. The molecule has 0 aliphatic rings. The topological polar surface area (TPSA) is 51.8 Å². The van der Waals surface area contributed by atoms with Gasteiger partial charge < -0.3 is 4.42 Å². The summed E-state index contributed by atoms with van der Waals surface area (Å²) in [5.41, 5.74) is 13.3. The molecule has 0 fully saturated rings. The lowest BCUT2D eigenvalue weighted by molar-refractivity contribution is 0.670. The maximum atomic E-state index is 6.50. The molecule has 0 atom stereocenters. The van der Waals surface area contributed by atoms with Crippen molar-refractivity contribution in [3.05, 3.63) is 164 Å². The number of aromatic nitrogens is 3. The highest BCUT2D eigenvalue weighted by Crippen LogP contribution is 2.40. The van der Waals surface area contributed by atoms with Crippen molar-refractivity contribution < 1.29 is 4.42 Å². The highest BCUT2D eigenvalue weighted by Gasteiger charge is 2.15. The first-order valence-corrected chi connectivity index (χ1v) is 16.4. The third-order valence-corrected chi connectivity index (χ3v) is 9.52. The maximum absolute atomic E-state index is 6.50. The zero-order valence-electron chi connectivity index (χ0n) is 26.3. The highest BCUT2D eigenvalue weighted by molar-refractivity contribution is 6.10. The van der Waals surface area contributed by atoms with Crippen LogP contribution in [0.3, 0.4) is 0 Å². The van der Waals surface area contributed by atoms with Gasteiger partial charge in [-0.2, -0.15) is 0 Å². The summed E-state index contributed by atoms with van der Waals surface area (Å²) in [6.45, 7) is 0. The zero-order valence-corrected chi connectivity index (χ0v) is 26.3. The molecular weight excluding hydrogens is 599 g/mol. The largest absolute Gasteiger partial charge is 0.455 e. The van der Waals surface area contributed by atoms with Crippen molar-refractivity contribution in [2.45, 2.75) is 0 Å². The Morgan fingerprint density at radius 3 is 2.00 bits per heavy atom. The molecule has 228 valence electrons. The van der Waals surface area contributed by atoms with Gasteiger partial charge in [0.1, 0.15) is 11.2 Å². The van der Waals surface area contributed by atoms with Crippen molar-refractivity contribution in [1.29, 1.82) is 0 Å². The van der Waals surface area contributed by atoms with Crippen molar-refractivity contribution in [3.63, 3.8) is 0 Å². The van der Waals surface area contributed by atoms with Crippen LogP contribution in [0, 0.1) is 0 Å². The van der Waals surface area contributed by atoms with Gasteiger partial charge in [0.05, 0.1) is 16.6 Å². The molecule has 4 heteroatoms. The van der Waals surface area contributed by atoms with Crippen LogP contribution >= 0.6 is 0 Å². The molecule has 10 rings (SSSR count). The summed E-state index contributed by atoms with van der Waals surface area (Å²) in [7, 11) is 0. The van der Waals surface area contributed by atoms with E-state index in [0.29, 0.717) is 0 Å². The summed E-state index contributed by atoms with van der Waals surface area (Å²) in [6, 6.07) is 51.1. The molecule has 0 amide bonds. The van der Waals surface area contributed by atoms with Gasteiger partial charge in [-0.15, -0.1) is 0 Å². The van der Waals surface area contributed by atoms with Crippen molar-refractivity contribution in [1.82, 2.24) is 15.0 Å². The fourth-order valence-corrected chi connectivity index (χ4v) is 7.09. The number of hydrogen-bond acceptors (Lipinski definition) is 4. The molecule has 0 unspecified atom stereocenters. The number of nitrogens with zero attached hydrogens (tertiary/aromatic N) is 3. The number of para-hydroxylation sites is 3. The van der Waals surface area contributed by atoms with Crippen LogP contribution in [-0.2, 0) is 0 Å². The Bertz CT molecular complexity index is 2900. The lowest BCUT2D eigenvalue weighted by atomic mass is 9.91. The minimum absolute atomic E-state index is 0.889. The van der Waals surface area contributed by atoms with Crippen LogP contribution < -0.4 is 0 Å². The number of hydrogen-bond donors (Lipinski definition) is 0. The van der Waals surface area contributed by atoms with E-state index in [4.69, 9.17) is 14.4 Å². The van der Waals surface area contributed by atoms with Gasteiger partial charge in [0, 0.05) is 62.2 Å². The summed E-state index contributed by atoms with van der Waals surface area (Å²) in [5.74, 6) is 0. The van der Waals surface area contributed by atoms with Crippen LogP contribution in [-0.4, -0.2) is 15.0 Å². The van der Waals surface area contributed by atoms with Gasteiger partial charge in [0.25, 0.3) is 0 Å². The summed E-state index contributed by atoms with van der Waals surface area (Å²) < 4.78 is 6.50. The molecule has 6 aromatic carbocycles. The molecule has 4 nitrogen and oxygen atoms in total. The van der Waals surface area contributed by atoms with E-state index in [-0.39, 0.29) is 0 Å². The van der Waals surface area contributed by atoms with Crippen molar-refractivity contribution in [3.8, 4) is 44.5 Å². The van der Waals surface area contributed by atoms with E-state index in [1.165, 1.54) is 0 Å². The molecule has 49 heavy (non-hydrogen) atoms. The number of pyridine rings is 3. The molecule has 0 radical (unpaired) electrons. The predicted octanol–water partition coefficient (Wildman–Crippen LogP) is 11.9. The lowest BCUT2D eigenvalue weighted by Gasteiger charge is -2.13. The fraction of sp³-hybridized carbons (Fsp3) is 0. The van der Waals surface area contributed by atoms with Crippen LogP contribution in [0.5, 0.6) is 0 Å². The van der Waals surface area contributed by atoms with Gasteiger partial charge in [-0.05, 0) is 82.4 Å². The number of fused-ring (bicyclic) bond motifs is 7. The summed E-state index contributed by atoms with van der Waals surface area (Å²) >= 11 is 0. The summed E-state index contributed by atoms with van der Waals surface area (Å²) in [5, 5.41) is 5.50. The molecule has 0 saturated carbocycles. The first kappa shape index (κ1) is 27.5. The second-order valence-electron chi connectivity index (χ2n) is 12.5. The van der Waals surface area contributed by atoms with Crippen LogP contribution in [0.4, 0.5) is 0 Å². The summed E-state index contributed by atoms with van der Waals surface area (Å²) in [6.07, 6.45) is 5.76.